The Hall–Kier alpha value is -1.78. The molecule has 0 aliphatic carbocycles. The van der Waals surface area contributed by atoms with Gasteiger partial charge in [0.15, 0.2) is 0 Å². The summed E-state index contributed by atoms with van der Waals surface area (Å²) in [7, 11) is 0. The number of nitrogen functional groups attached to an aromatic ring is 1. The average Bonchev–Trinajstić information content (AvgIpc) is 2.42. The molecular formula is C14H14ClFN2O. The Morgan fingerprint density at radius 2 is 1.95 bits per heavy atom. The molecule has 1 unspecified atom stereocenters. The summed E-state index contributed by atoms with van der Waals surface area (Å²) in [5.41, 5.74) is 7.22. The molecule has 3 nitrogen and oxygen atoms in total. The van der Waals surface area contributed by atoms with Crippen molar-refractivity contribution in [3.8, 4) is 0 Å². The Labute approximate surface area is 115 Å². The van der Waals surface area contributed by atoms with Crippen molar-refractivity contribution in [1.29, 1.82) is 0 Å². The van der Waals surface area contributed by atoms with Crippen molar-refractivity contribution < 1.29 is 9.50 Å². The zero-order valence-corrected chi connectivity index (χ0v) is 10.9. The number of hydrogen-bond acceptors (Lipinski definition) is 3. The van der Waals surface area contributed by atoms with Crippen LogP contribution in [0.25, 0.3) is 0 Å². The number of halogens is 2. The van der Waals surface area contributed by atoms with Gasteiger partial charge in [0, 0.05) is 12.6 Å². The second-order valence-corrected chi connectivity index (χ2v) is 4.57. The number of benzene rings is 2. The maximum absolute atomic E-state index is 13.1. The minimum Gasteiger partial charge on any atom is -0.397 e. The molecule has 19 heavy (non-hydrogen) atoms. The third-order valence-electron chi connectivity index (χ3n) is 2.76. The first-order valence-electron chi connectivity index (χ1n) is 5.79. The van der Waals surface area contributed by atoms with Crippen molar-refractivity contribution in [2.75, 3.05) is 17.6 Å². The molecule has 0 saturated heterocycles. The first-order valence-corrected chi connectivity index (χ1v) is 6.17. The largest absolute Gasteiger partial charge is 0.397 e. The lowest BCUT2D eigenvalue weighted by atomic mass is 10.1. The van der Waals surface area contributed by atoms with Crippen molar-refractivity contribution in [2.45, 2.75) is 6.10 Å². The molecule has 100 valence electrons. The quantitative estimate of drug-likeness (QED) is 0.754. The molecule has 1 atom stereocenters. The number of aliphatic hydroxyl groups is 1. The van der Waals surface area contributed by atoms with Gasteiger partial charge in [-0.1, -0.05) is 41.9 Å². The molecule has 0 spiro atoms. The summed E-state index contributed by atoms with van der Waals surface area (Å²) in [5.74, 6) is -0.562. The van der Waals surface area contributed by atoms with Crippen LogP contribution in [-0.4, -0.2) is 11.7 Å². The van der Waals surface area contributed by atoms with Crippen LogP contribution in [0.15, 0.2) is 42.5 Å². The summed E-state index contributed by atoms with van der Waals surface area (Å²) in [6, 6.07) is 11.8. The fourth-order valence-corrected chi connectivity index (χ4v) is 1.88. The minimum absolute atomic E-state index is 0.00843. The Balaban J connectivity index is 2.05. The van der Waals surface area contributed by atoms with Crippen LogP contribution in [0.2, 0.25) is 5.02 Å². The van der Waals surface area contributed by atoms with E-state index in [0.717, 1.165) is 11.6 Å². The van der Waals surface area contributed by atoms with Crippen LogP contribution in [-0.2, 0) is 0 Å². The van der Waals surface area contributed by atoms with Crippen molar-refractivity contribution in [1.82, 2.24) is 0 Å². The summed E-state index contributed by atoms with van der Waals surface area (Å²) in [6.45, 7) is 0.260. The number of aliphatic hydroxyl groups excluding tert-OH is 1. The highest BCUT2D eigenvalue weighted by Gasteiger charge is 2.09. The van der Waals surface area contributed by atoms with Gasteiger partial charge in [-0.3, -0.25) is 0 Å². The van der Waals surface area contributed by atoms with Crippen molar-refractivity contribution in [3.63, 3.8) is 0 Å². The van der Waals surface area contributed by atoms with E-state index in [-0.39, 0.29) is 17.3 Å². The lowest BCUT2D eigenvalue weighted by Crippen LogP contribution is -2.13. The fourth-order valence-electron chi connectivity index (χ4n) is 1.71. The zero-order valence-electron chi connectivity index (χ0n) is 10.1. The van der Waals surface area contributed by atoms with Crippen molar-refractivity contribution >= 4 is 23.0 Å². The van der Waals surface area contributed by atoms with Gasteiger partial charge in [0.05, 0.1) is 22.5 Å². The normalized spacial score (nSPS) is 12.2. The van der Waals surface area contributed by atoms with Crippen LogP contribution in [0, 0.1) is 5.82 Å². The molecular weight excluding hydrogens is 267 g/mol. The first kappa shape index (κ1) is 13.6. The van der Waals surface area contributed by atoms with E-state index in [1.54, 1.807) is 0 Å². The predicted octanol–water partition coefficient (Wildman–Crippen LogP) is 3.21. The summed E-state index contributed by atoms with van der Waals surface area (Å²) in [6.07, 6.45) is -0.676. The van der Waals surface area contributed by atoms with E-state index in [4.69, 9.17) is 17.3 Å². The second kappa shape index (κ2) is 5.91. The van der Waals surface area contributed by atoms with Gasteiger partial charge in [-0.15, -0.1) is 0 Å². The van der Waals surface area contributed by atoms with E-state index >= 15 is 0 Å². The number of nitrogens with two attached hydrogens (primary N) is 1. The number of nitrogens with one attached hydrogen (secondary N) is 1. The van der Waals surface area contributed by atoms with Crippen molar-refractivity contribution in [2.24, 2.45) is 0 Å². The van der Waals surface area contributed by atoms with Crippen LogP contribution in [0.1, 0.15) is 11.7 Å². The summed E-state index contributed by atoms with van der Waals surface area (Å²) < 4.78 is 13.1. The van der Waals surface area contributed by atoms with E-state index in [2.05, 4.69) is 5.32 Å². The predicted molar refractivity (Wildman–Crippen MR) is 75.7 cm³/mol. The third-order valence-corrected chi connectivity index (χ3v) is 3.05. The second-order valence-electron chi connectivity index (χ2n) is 4.16. The molecule has 0 heterocycles. The molecule has 2 aromatic rings. The molecule has 0 amide bonds. The van der Waals surface area contributed by atoms with E-state index in [1.807, 2.05) is 30.3 Å². The summed E-state index contributed by atoms with van der Waals surface area (Å²) in [5, 5.41) is 12.9. The average molecular weight is 281 g/mol. The van der Waals surface area contributed by atoms with Gasteiger partial charge in [0.25, 0.3) is 0 Å². The van der Waals surface area contributed by atoms with Gasteiger partial charge in [0.1, 0.15) is 5.82 Å². The molecule has 0 saturated carbocycles. The van der Waals surface area contributed by atoms with Crippen LogP contribution in [0.3, 0.4) is 0 Å². The summed E-state index contributed by atoms with van der Waals surface area (Å²) >= 11 is 5.69. The molecule has 0 radical (unpaired) electrons. The van der Waals surface area contributed by atoms with Crippen molar-refractivity contribution in [3.05, 3.63) is 58.9 Å². The molecule has 0 aliphatic rings. The van der Waals surface area contributed by atoms with Gasteiger partial charge < -0.3 is 16.2 Å². The van der Waals surface area contributed by atoms with Crippen LogP contribution in [0.5, 0.6) is 0 Å². The highest BCUT2D eigenvalue weighted by molar-refractivity contribution is 6.31. The molecule has 5 heteroatoms. The van der Waals surface area contributed by atoms with Gasteiger partial charge in [-0.05, 0) is 11.6 Å². The maximum atomic E-state index is 13.1. The minimum atomic E-state index is -0.676. The molecule has 0 fully saturated rings. The van der Waals surface area contributed by atoms with Crippen LogP contribution < -0.4 is 11.1 Å². The van der Waals surface area contributed by atoms with E-state index < -0.39 is 11.9 Å². The lowest BCUT2D eigenvalue weighted by molar-refractivity contribution is 0.191. The molecule has 0 aromatic heterocycles. The standard InChI is InChI=1S/C14H14ClFN2O/c15-10-6-13(12(17)7-11(10)16)18-8-14(19)9-4-2-1-3-5-9/h1-7,14,18-19H,8,17H2. The monoisotopic (exact) mass is 280 g/mol. The Morgan fingerprint density at radius 3 is 2.63 bits per heavy atom. The Morgan fingerprint density at radius 1 is 1.26 bits per heavy atom. The smallest absolute Gasteiger partial charge is 0.143 e. The Bertz CT molecular complexity index is 563. The number of hydrogen-bond donors (Lipinski definition) is 3. The van der Waals surface area contributed by atoms with Gasteiger partial charge in [-0.25, -0.2) is 4.39 Å². The highest BCUT2D eigenvalue weighted by atomic mass is 35.5. The Kier molecular flexibility index (Phi) is 4.24. The topological polar surface area (TPSA) is 58.3 Å². The first-order chi connectivity index (χ1) is 9.08. The van der Waals surface area contributed by atoms with Gasteiger partial charge in [-0.2, -0.15) is 0 Å². The number of rotatable bonds is 4. The SMILES string of the molecule is Nc1cc(F)c(Cl)cc1NCC(O)c1ccccc1. The number of anilines is 2. The molecule has 0 bridgehead atoms. The molecule has 2 aromatic carbocycles. The van der Waals surface area contributed by atoms with E-state index in [1.165, 1.54) is 6.07 Å². The zero-order chi connectivity index (χ0) is 13.8. The van der Waals surface area contributed by atoms with Crippen LogP contribution >= 0.6 is 11.6 Å². The molecule has 4 N–H and O–H groups in total. The maximum Gasteiger partial charge on any atom is 0.143 e. The van der Waals surface area contributed by atoms with Gasteiger partial charge in [0.2, 0.25) is 0 Å². The highest BCUT2D eigenvalue weighted by Crippen LogP contribution is 2.26. The third kappa shape index (κ3) is 3.36. The van der Waals surface area contributed by atoms with Gasteiger partial charge >= 0.3 is 0 Å². The van der Waals surface area contributed by atoms with E-state index in [0.29, 0.717) is 5.69 Å². The lowest BCUT2D eigenvalue weighted by Gasteiger charge is -2.15. The molecule has 2 rings (SSSR count). The van der Waals surface area contributed by atoms with Crippen LogP contribution in [0.4, 0.5) is 15.8 Å². The molecule has 0 aliphatic heterocycles. The van der Waals surface area contributed by atoms with E-state index in [9.17, 15) is 9.50 Å². The fraction of sp³-hybridized carbons (Fsp3) is 0.143. The summed E-state index contributed by atoms with van der Waals surface area (Å²) in [4.78, 5) is 0.